The highest BCUT2D eigenvalue weighted by Crippen LogP contribution is 2.20. The normalized spacial score (nSPS) is 35.8. The number of nitrogens with one attached hydrogen (secondary N) is 1. The van der Waals surface area contributed by atoms with E-state index >= 15 is 0 Å². The maximum absolute atomic E-state index is 5.82. The molecule has 0 aromatic rings. The second-order valence-corrected chi connectivity index (χ2v) is 5.48. The number of ether oxygens (including phenoxy) is 1. The van der Waals surface area contributed by atoms with Crippen molar-refractivity contribution in [2.24, 2.45) is 0 Å². The quantitative estimate of drug-likeness (QED) is 0.814. The summed E-state index contributed by atoms with van der Waals surface area (Å²) in [6.07, 6.45) is 1.08. The van der Waals surface area contributed by atoms with Crippen LogP contribution < -0.4 is 5.32 Å². The van der Waals surface area contributed by atoms with Crippen LogP contribution in [0.5, 0.6) is 0 Å². The Bertz CT molecular complexity index is 234. The third-order valence-electron chi connectivity index (χ3n) is 3.70. The first kappa shape index (κ1) is 15.2. The molecule has 0 aromatic heterocycles. The van der Waals surface area contributed by atoms with Crippen LogP contribution >= 0.6 is 12.4 Å². The summed E-state index contributed by atoms with van der Waals surface area (Å²) in [6, 6.07) is 0.498. The van der Waals surface area contributed by atoms with Crippen molar-refractivity contribution in [1.82, 2.24) is 15.1 Å². The van der Waals surface area contributed by atoms with Crippen molar-refractivity contribution in [3.05, 3.63) is 0 Å². The van der Waals surface area contributed by atoms with Gasteiger partial charge in [-0.15, -0.1) is 12.4 Å². The minimum Gasteiger partial charge on any atom is -0.359 e. The zero-order valence-corrected chi connectivity index (χ0v) is 12.1. The molecule has 2 aliphatic rings. The van der Waals surface area contributed by atoms with E-state index in [0.29, 0.717) is 6.04 Å². The van der Waals surface area contributed by atoms with Gasteiger partial charge in [-0.25, -0.2) is 0 Å². The van der Waals surface area contributed by atoms with Crippen molar-refractivity contribution in [3.63, 3.8) is 0 Å². The molecule has 0 bridgehead atoms. The van der Waals surface area contributed by atoms with Crippen molar-refractivity contribution < 1.29 is 4.74 Å². The maximum Gasteiger partial charge on any atom is 0.117 e. The number of halogens is 1. The third kappa shape index (κ3) is 4.38. The number of hydrogen-bond acceptors (Lipinski definition) is 4. The summed E-state index contributed by atoms with van der Waals surface area (Å²) >= 11 is 0. The van der Waals surface area contributed by atoms with Crippen LogP contribution in [0.3, 0.4) is 0 Å². The van der Waals surface area contributed by atoms with Crippen LogP contribution in [0.4, 0.5) is 0 Å². The van der Waals surface area contributed by atoms with Gasteiger partial charge in [0.2, 0.25) is 0 Å². The average Bonchev–Trinajstić information content (AvgIpc) is 2.59. The van der Waals surface area contributed by atoms with Gasteiger partial charge in [-0.3, -0.25) is 5.32 Å². The molecule has 17 heavy (non-hydrogen) atoms. The standard InChI is InChI=1S/C12H25N3O.ClH/c1-11-10-16-12(2,13-11)4-5-15-8-6-14(3)7-9-15;/h11,13H,4-10H2,1-3H3;1H. The fourth-order valence-corrected chi connectivity index (χ4v) is 2.50. The number of hydrogen-bond donors (Lipinski definition) is 1. The smallest absolute Gasteiger partial charge is 0.117 e. The van der Waals surface area contributed by atoms with E-state index in [-0.39, 0.29) is 18.1 Å². The molecule has 1 N–H and O–H groups in total. The molecule has 4 nitrogen and oxygen atoms in total. The van der Waals surface area contributed by atoms with Crippen LogP contribution in [-0.2, 0) is 4.74 Å². The summed E-state index contributed by atoms with van der Waals surface area (Å²) in [5.74, 6) is 0. The predicted molar refractivity (Wildman–Crippen MR) is 72.8 cm³/mol. The van der Waals surface area contributed by atoms with Gasteiger partial charge in [-0.05, 0) is 20.9 Å². The van der Waals surface area contributed by atoms with Crippen molar-refractivity contribution in [2.75, 3.05) is 46.4 Å². The average molecular weight is 264 g/mol. The Labute approximate surface area is 111 Å². The molecule has 102 valence electrons. The Morgan fingerprint density at radius 3 is 2.47 bits per heavy atom. The molecule has 2 saturated heterocycles. The van der Waals surface area contributed by atoms with Crippen LogP contribution in [0, 0.1) is 0 Å². The lowest BCUT2D eigenvalue weighted by Crippen LogP contribution is -2.48. The van der Waals surface area contributed by atoms with E-state index in [0.717, 1.165) is 19.6 Å². The molecule has 5 heteroatoms. The summed E-state index contributed by atoms with van der Waals surface area (Å²) in [5.41, 5.74) is -0.0945. The van der Waals surface area contributed by atoms with Crippen molar-refractivity contribution in [1.29, 1.82) is 0 Å². The van der Waals surface area contributed by atoms with E-state index in [2.05, 4.69) is 36.0 Å². The van der Waals surface area contributed by atoms with Crippen LogP contribution in [0.15, 0.2) is 0 Å². The number of rotatable bonds is 3. The molecule has 0 saturated carbocycles. The molecule has 0 radical (unpaired) electrons. The summed E-state index contributed by atoms with van der Waals surface area (Å²) < 4.78 is 5.82. The Hall–Kier alpha value is 0.130. The van der Waals surface area contributed by atoms with Crippen LogP contribution in [0.25, 0.3) is 0 Å². The first-order chi connectivity index (χ1) is 7.57. The van der Waals surface area contributed by atoms with Gasteiger partial charge in [-0.2, -0.15) is 0 Å². The van der Waals surface area contributed by atoms with Gasteiger partial charge >= 0.3 is 0 Å². The minimum absolute atomic E-state index is 0. The molecule has 0 spiro atoms. The van der Waals surface area contributed by atoms with Crippen LogP contribution in [-0.4, -0.2) is 67.9 Å². The van der Waals surface area contributed by atoms with Gasteiger partial charge in [0.05, 0.1) is 6.61 Å². The lowest BCUT2D eigenvalue weighted by atomic mass is 10.1. The second kappa shape index (κ2) is 6.34. The first-order valence-corrected chi connectivity index (χ1v) is 6.40. The summed E-state index contributed by atoms with van der Waals surface area (Å²) in [7, 11) is 2.20. The Morgan fingerprint density at radius 1 is 1.29 bits per heavy atom. The topological polar surface area (TPSA) is 27.7 Å². The summed E-state index contributed by atoms with van der Waals surface area (Å²) in [5, 5.41) is 3.52. The molecule has 2 unspecified atom stereocenters. The van der Waals surface area contributed by atoms with Gasteiger partial charge < -0.3 is 14.5 Å². The molecular weight excluding hydrogens is 238 g/mol. The zero-order chi connectivity index (χ0) is 11.6. The number of piperazine rings is 1. The molecule has 2 aliphatic heterocycles. The van der Waals surface area contributed by atoms with E-state index in [1.165, 1.54) is 26.2 Å². The monoisotopic (exact) mass is 263 g/mol. The molecule has 2 rings (SSSR count). The van der Waals surface area contributed by atoms with E-state index in [1.807, 2.05) is 0 Å². The Morgan fingerprint density at radius 2 is 1.94 bits per heavy atom. The van der Waals surface area contributed by atoms with Crippen LogP contribution in [0.1, 0.15) is 20.3 Å². The lowest BCUT2D eigenvalue weighted by molar-refractivity contribution is -0.0106. The van der Waals surface area contributed by atoms with E-state index < -0.39 is 0 Å². The van der Waals surface area contributed by atoms with Crippen molar-refractivity contribution >= 4 is 12.4 Å². The largest absolute Gasteiger partial charge is 0.359 e. The summed E-state index contributed by atoms with van der Waals surface area (Å²) in [6.45, 7) is 11.1. The number of nitrogens with zero attached hydrogens (tertiary/aromatic N) is 2. The van der Waals surface area contributed by atoms with E-state index in [9.17, 15) is 0 Å². The molecule has 0 aromatic carbocycles. The van der Waals surface area contributed by atoms with Gasteiger partial charge in [0, 0.05) is 45.2 Å². The fourth-order valence-electron chi connectivity index (χ4n) is 2.50. The summed E-state index contributed by atoms with van der Waals surface area (Å²) in [4.78, 5) is 4.93. The first-order valence-electron chi connectivity index (χ1n) is 6.40. The van der Waals surface area contributed by atoms with E-state index in [4.69, 9.17) is 4.74 Å². The highest BCUT2D eigenvalue weighted by molar-refractivity contribution is 5.85. The zero-order valence-electron chi connectivity index (χ0n) is 11.2. The highest BCUT2D eigenvalue weighted by Gasteiger charge is 2.33. The van der Waals surface area contributed by atoms with Gasteiger partial charge in [0.15, 0.2) is 0 Å². The number of likely N-dealkylation sites (N-methyl/N-ethyl adjacent to an activating group) is 1. The molecule has 2 heterocycles. The van der Waals surface area contributed by atoms with Gasteiger partial charge in [0.1, 0.15) is 5.72 Å². The molecule has 2 atom stereocenters. The minimum atomic E-state index is -0.0945. The van der Waals surface area contributed by atoms with E-state index in [1.54, 1.807) is 0 Å². The Balaban J connectivity index is 0.00000144. The second-order valence-electron chi connectivity index (χ2n) is 5.48. The maximum atomic E-state index is 5.82. The molecule has 0 amide bonds. The third-order valence-corrected chi connectivity index (χ3v) is 3.70. The Kier molecular flexibility index (Phi) is 5.67. The van der Waals surface area contributed by atoms with Crippen LogP contribution in [0.2, 0.25) is 0 Å². The van der Waals surface area contributed by atoms with Gasteiger partial charge in [0.25, 0.3) is 0 Å². The molecular formula is C12H26ClN3O. The lowest BCUT2D eigenvalue weighted by Gasteiger charge is -2.34. The molecule has 2 fully saturated rings. The van der Waals surface area contributed by atoms with Gasteiger partial charge in [-0.1, -0.05) is 0 Å². The highest BCUT2D eigenvalue weighted by atomic mass is 35.5. The predicted octanol–water partition coefficient (Wildman–Crippen LogP) is 0.770. The van der Waals surface area contributed by atoms with Crippen molar-refractivity contribution in [2.45, 2.75) is 32.0 Å². The fraction of sp³-hybridized carbons (Fsp3) is 1.00. The SMILES string of the molecule is CC1COC(C)(CCN2CCN(C)CC2)N1.Cl. The van der Waals surface area contributed by atoms with Crippen molar-refractivity contribution in [3.8, 4) is 0 Å². The molecule has 0 aliphatic carbocycles.